The smallest absolute Gasteiger partial charge is 0.234 e. The van der Waals surface area contributed by atoms with E-state index in [1.54, 1.807) is 18.4 Å². The van der Waals surface area contributed by atoms with Gasteiger partial charge in [-0.15, -0.1) is 11.3 Å². The molecule has 0 unspecified atom stereocenters. The first kappa shape index (κ1) is 30.1. The van der Waals surface area contributed by atoms with Gasteiger partial charge in [0.05, 0.1) is 41.8 Å². The predicted molar refractivity (Wildman–Crippen MR) is 177 cm³/mol. The molecule has 3 aliphatic rings. The highest BCUT2D eigenvalue weighted by atomic mass is 127. The van der Waals surface area contributed by atoms with Gasteiger partial charge >= 0.3 is 0 Å². The number of thiophene rings is 1. The summed E-state index contributed by atoms with van der Waals surface area (Å²) in [6.45, 7) is 5.21. The number of allylic oxidation sites excluding steroid dienone is 2. The maximum absolute atomic E-state index is 13.8. The lowest BCUT2D eigenvalue weighted by Crippen LogP contribution is -2.35. The predicted octanol–water partition coefficient (Wildman–Crippen LogP) is 7.56. The van der Waals surface area contributed by atoms with Crippen molar-refractivity contribution < 1.29 is 24.2 Å². The highest BCUT2D eigenvalue weighted by molar-refractivity contribution is 14.1. The number of amides is 2. The molecule has 8 heteroatoms. The first-order valence-corrected chi connectivity index (χ1v) is 16.8. The quantitative estimate of drug-likeness (QED) is 0.108. The highest BCUT2D eigenvalue weighted by Gasteiger charge is 2.57. The van der Waals surface area contributed by atoms with Crippen LogP contribution < -0.4 is 4.74 Å². The van der Waals surface area contributed by atoms with Crippen LogP contribution in [0.4, 0.5) is 0 Å². The van der Waals surface area contributed by atoms with Crippen LogP contribution in [0.25, 0.3) is 11.6 Å². The Morgan fingerprint density at radius 2 is 1.93 bits per heavy atom. The van der Waals surface area contributed by atoms with E-state index in [1.165, 1.54) is 16.0 Å². The van der Waals surface area contributed by atoms with Crippen molar-refractivity contribution >= 4 is 57.4 Å². The monoisotopic (exact) mass is 709 g/mol. The van der Waals surface area contributed by atoms with E-state index >= 15 is 0 Å². The van der Waals surface area contributed by atoms with Crippen molar-refractivity contribution in [1.29, 1.82) is 0 Å². The molecule has 43 heavy (non-hydrogen) atoms. The SMILES string of the molecule is COc1cc(/C=C(/CC[C@H]2OC[C@H]3C2=C(C(C)C)C[C@H]2C(=O)N(Cc4cccs4)C(=O)[C@H]23)c2ccccc2)cc(I)c1O. The minimum atomic E-state index is -0.342. The first-order chi connectivity index (χ1) is 20.8. The van der Waals surface area contributed by atoms with Gasteiger partial charge in [0.1, 0.15) is 0 Å². The number of imide groups is 1. The molecular weight excluding hydrogens is 673 g/mol. The van der Waals surface area contributed by atoms with E-state index in [2.05, 4.69) is 54.6 Å². The zero-order valence-corrected chi connectivity index (χ0v) is 27.6. The van der Waals surface area contributed by atoms with Crippen LogP contribution in [0.1, 0.15) is 49.1 Å². The summed E-state index contributed by atoms with van der Waals surface area (Å²) in [5.74, 6) is 0.0874. The summed E-state index contributed by atoms with van der Waals surface area (Å²) < 4.78 is 12.6. The molecular formula is C35H36INO5S. The fraction of sp³-hybridized carbons (Fsp3) is 0.371. The minimum Gasteiger partial charge on any atom is -0.504 e. The van der Waals surface area contributed by atoms with Crippen molar-refractivity contribution in [2.45, 2.75) is 45.8 Å². The average molecular weight is 710 g/mol. The zero-order chi connectivity index (χ0) is 30.2. The molecule has 2 amide bonds. The number of halogens is 1. The van der Waals surface area contributed by atoms with Gasteiger partial charge in [0.2, 0.25) is 11.8 Å². The summed E-state index contributed by atoms with van der Waals surface area (Å²) in [7, 11) is 1.56. The highest BCUT2D eigenvalue weighted by Crippen LogP contribution is 2.51. The lowest BCUT2D eigenvalue weighted by atomic mass is 9.67. The number of nitrogens with zero attached hydrogens (tertiary/aromatic N) is 1. The Labute approximate surface area is 270 Å². The van der Waals surface area contributed by atoms with Gasteiger partial charge in [0.25, 0.3) is 0 Å². The Balaban J connectivity index is 1.28. The number of likely N-dealkylation sites (tertiary alicyclic amines) is 1. The zero-order valence-electron chi connectivity index (χ0n) is 24.6. The van der Waals surface area contributed by atoms with Gasteiger partial charge < -0.3 is 14.6 Å². The summed E-state index contributed by atoms with van der Waals surface area (Å²) in [6.07, 6.45) is 4.23. The molecule has 1 N–H and O–H groups in total. The van der Waals surface area contributed by atoms with Crippen molar-refractivity contribution in [3.05, 3.63) is 90.7 Å². The van der Waals surface area contributed by atoms with E-state index in [4.69, 9.17) is 9.47 Å². The Morgan fingerprint density at radius 3 is 2.63 bits per heavy atom. The van der Waals surface area contributed by atoms with Crippen molar-refractivity contribution in [2.75, 3.05) is 13.7 Å². The van der Waals surface area contributed by atoms with Gasteiger partial charge in [-0.3, -0.25) is 14.5 Å². The van der Waals surface area contributed by atoms with Gasteiger partial charge in [0.15, 0.2) is 11.5 Å². The Morgan fingerprint density at radius 1 is 1.14 bits per heavy atom. The second kappa shape index (κ2) is 12.6. The van der Waals surface area contributed by atoms with Crippen LogP contribution in [0.15, 0.2) is 71.1 Å². The molecule has 6 rings (SSSR count). The number of benzene rings is 2. The van der Waals surface area contributed by atoms with Crippen LogP contribution in [-0.4, -0.2) is 41.6 Å². The third-order valence-electron chi connectivity index (χ3n) is 9.06. The van der Waals surface area contributed by atoms with Gasteiger partial charge in [0, 0.05) is 10.8 Å². The Kier molecular flexibility index (Phi) is 8.80. The second-order valence-electron chi connectivity index (χ2n) is 11.9. The Bertz CT molecular complexity index is 1580. The fourth-order valence-corrected chi connectivity index (χ4v) is 8.33. The average Bonchev–Trinajstić information content (AvgIpc) is 3.73. The lowest BCUT2D eigenvalue weighted by Gasteiger charge is -2.33. The normalized spacial score (nSPS) is 23.7. The van der Waals surface area contributed by atoms with E-state index in [0.29, 0.717) is 25.3 Å². The van der Waals surface area contributed by atoms with E-state index in [9.17, 15) is 14.7 Å². The first-order valence-electron chi connectivity index (χ1n) is 14.8. The van der Waals surface area contributed by atoms with Gasteiger partial charge in [-0.05, 0) is 93.6 Å². The largest absolute Gasteiger partial charge is 0.504 e. The molecule has 3 aromatic rings. The van der Waals surface area contributed by atoms with Crippen LogP contribution in [0.2, 0.25) is 0 Å². The van der Waals surface area contributed by atoms with E-state index in [1.807, 2.05) is 47.8 Å². The van der Waals surface area contributed by atoms with E-state index in [-0.39, 0.29) is 47.3 Å². The molecule has 2 aromatic carbocycles. The summed E-state index contributed by atoms with van der Waals surface area (Å²) >= 11 is 3.70. The molecule has 0 bridgehead atoms. The van der Waals surface area contributed by atoms with Crippen LogP contribution in [0.5, 0.6) is 11.5 Å². The fourth-order valence-electron chi connectivity index (χ4n) is 7.01. The van der Waals surface area contributed by atoms with Crippen molar-refractivity contribution in [3.63, 3.8) is 0 Å². The number of carbonyl (C=O) groups is 2. The van der Waals surface area contributed by atoms with Crippen molar-refractivity contribution in [3.8, 4) is 11.5 Å². The van der Waals surface area contributed by atoms with Crippen LogP contribution in [0.3, 0.4) is 0 Å². The standard InChI is InChI=1S/C35H36INO5S/c1-20(2)25-17-26-32(35(40)37(34(26)39)18-24-10-7-13-43-24)27-19-42-29(31(25)27)12-11-23(22-8-5-4-6-9-22)14-21-15-28(36)33(38)30(16-21)41-3/h4-10,13-16,20,26-27,29,32,38H,11-12,17-19H2,1-3H3/b23-14-/t26-,27+,29-,32-/m1/s1. The molecule has 0 saturated carbocycles. The molecule has 6 nitrogen and oxygen atoms in total. The number of methoxy groups -OCH3 is 1. The molecule has 2 fully saturated rings. The molecule has 1 aromatic heterocycles. The number of phenolic OH excluding ortho intramolecular Hbond substituents is 1. The van der Waals surface area contributed by atoms with Crippen LogP contribution in [-0.2, 0) is 20.9 Å². The third kappa shape index (κ3) is 5.81. The number of phenols is 1. The number of hydrogen-bond donors (Lipinski definition) is 1. The van der Waals surface area contributed by atoms with Gasteiger partial charge in [-0.25, -0.2) is 0 Å². The summed E-state index contributed by atoms with van der Waals surface area (Å²) in [4.78, 5) is 29.8. The number of carbonyl (C=O) groups excluding carboxylic acids is 2. The maximum atomic E-state index is 13.8. The topological polar surface area (TPSA) is 76.1 Å². The lowest BCUT2D eigenvalue weighted by molar-refractivity contribution is -0.140. The maximum Gasteiger partial charge on any atom is 0.234 e. The number of aromatic hydroxyl groups is 1. The minimum absolute atomic E-state index is 0.0303. The van der Waals surface area contributed by atoms with Crippen LogP contribution in [0, 0.1) is 27.2 Å². The van der Waals surface area contributed by atoms with Crippen LogP contribution >= 0.6 is 33.9 Å². The number of fused-ring (bicyclic) bond motifs is 3. The van der Waals surface area contributed by atoms with E-state index < -0.39 is 0 Å². The summed E-state index contributed by atoms with van der Waals surface area (Å²) in [5, 5.41) is 12.3. The molecule has 0 spiro atoms. The second-order valence-corrected chi connectivity index (χ2v) is 14.1. The number of rotatable bonds is 9. The summed E-state index contributed by atoms with van der Waals surface area (Å²) in [5.41, 5.74) is 5.78. The molecule has 224 valence electrons. The summed E-state index contributed by atoms with van der Waals surface area (Å²) in [6, 6.07) is 18.1. The van der Waals surface area contributed by atoms with Crippen molar-refractivity contribution in [2.24, 2.45) is 23.7 Å². The molecule has 3 heterocycles. The van der Waals surface area contributed by atoms with E-state index in [0.717, 1.165) is 38.0 Å². The number of hydrogen-bond acceptors (Lipinski definition) is 6. The Hall–Kier alpha value is -2.95. The molecule has 0 radical (unpaired) electrons. The van der Waals surface area contributed by atoms with Gasteiger partial charge in [-0.1, -0.05) is 61.9 Å². The van der Waals surface area contributed by atoms with Gasteiger partial charge in [-0.2, -0.15) is 0 Å². The third-order valence-corrected chi connectivity index (χ3v) is 10.7. The molecule has 1 aliphatic carbocycles. The molecule has 4 atom stereocenters. The van der Waals surface area contributed by atoms with Crippen molar-refractivity contribution in [1.82, 2.24) is 4.90 Å². The number of ether oxygens (including phenoxy) is 2. The molecule has 2 aliphatic heterocycles. The molecule has 2 saturated heterocycles.